The molecule has 5 heteroatoms. The van der Waals surface area contributed by atoms with Crippen LogP contribution in [0.15, 0.2) is 30.3 Å². The quantitative estimate of drug-likeness (QED) is 0.822. The molecule has 1 aromatic heterocycles. The topological polar surface area (TPSA) is 30.5 Å². The van der Waals surface area contributed by atoms with E-state index in [0.29, 0.717) is 0 Å². The lowest BCUT2D eigenvalue weighted by Gasteiger charge is -2.17. The van der Waals surface area contributed by atoms with Crippen molar-refractivity contribution in [2.45, 2.75) is 19.4 Å². The molecular weight excluding hydrogens is 306 g/mol. The summed E-state index contributed by atoms with van der Waals surface area (Å²) in [6, 6.07) is 10.3. The van der Waals surface area contributed by atoms with Crippen molar-refractivity contribution in [2.75, 3.05) is 20.8 Å². The van der Waals surface area contributed by atoms with Crippen molar-refractivity contribution in [3.8, 4) is 11.5 Å². The minimum Gasteiger partial charge on any atom is -0.493 e. The summed E-state index contributed by atoms with van der Waals surface area (Å²) in [5.74, 6) is 1.51. The third-order valence-corrected chi connectivity index (χ3v) is 4.62. The van der Waals surface area contributed by atoms with Crippen LogP contribution in [0.5, 0.6) is 11.5 Å². The summed E-state index contributed by atoms with van der Waals surface area (Å²) in [5.41, 5.74) is 1.20. The number of halogens is 1. The fourth-order valence-electron chi connectivity index (χ4n) is 2.28. The molecule has 0 spiro atoms. The monoisotopic (exact) mass is 325 g/mol. The van der Waals surface area contributed by atoms with Crippen molar-refractivity contribution in [3.05, 3.63) is 45.1 Å². The predicted molar refractivity (Wildman–Crippen MR) is 89.0 cm³/mol. The summed E-state index contributed by atoms with van der Waals surface area (Å²) in [7, 11) is 3.30. The molecule has 0 aliphatic carbocycles. The van der Waals surface area contributed by atoms with Gasteiger partial charge in [-0.2, -0.15) is 0 Å². The van der Waals surface area contributed by atoms with E-state index in [1.807, 2.05) is 18.2 Å². The molecule has 114 valence electrons. The fourth-order valence-corrected chi connectivity index (χ4v) is 3.42. The van der Waals surface area contributed by atoms with Crippen LogP contribution in [0.1, 0.15) is 23.4 Å². The van der Waals surface area contributed by atoms with Crippen LogP contribution in [0.4, 0.5) is 0 Å². The lowest BCUT2D eigenvalue weighted by atomic mass is 10.0. The zero-order valence-electron chi connectivity index (χ0n) is 12.5. The van der Waals surface area contributed by atoms with Gasteiger partial charge in [-0.15, -0.1) is 11.3 Å². The first-order valence-electron chi connectivity index (χ1n) is 6.87. The van der Waals surface area contributed by atoms with Crippen LogP contribution in [0, 0.1) is 0 Å². The summed E-state index contributed by atoms with van der Waals surface area (Å²) < 4.78 is 11.5. The number of hydrogen-bond acceptors (Lipinski definition) is 4. The van der Waals surface area contributed by atoms with Crippen LogP contribution in [-0.4, -0.2) is 20.8 Å². The molecule has 3 nitrogen and oxygen atoms in total. The summed E-state index contributed by atoms with van der Waals surface area (Å²) >= 11 is 7.67. The lowest BCUT2D eigenvalue weighted by Crippen LogP contribution is -2.22. The van der Waals surface area contributed by atoms with Crippen molar-refractivity contribution in [1.29, 1.82) is 0 Å². The Morgan fingerprint density at radius 3 is 2.48 bits per heavy atom. The Morgan fingerprint density at radius 1 is 1.14 bits per heavy atom. The number of rotatable bonds is 7. The minimum atomic E-state index is 0.255. The number of benzene rings is 1. The molecule has 0 aliphatic heterocycles. The summed E-state index contributed by atoms with van der Waals surface area (Å²) in [4.78, 5) is 1.25. The van der Waals surface area contributed by atoms with Gasteiger partial charge in [-0.1, -0.05) is 24.6 Å². The number of methoxy groups -OCH3 is 2. The van der Waals surface area contributed by atoms with Crippen LogP contribution >= 0.6 is 22.9 Å². The van der Waals surface area contributed by atoms with E-state index in [1.54, 1.807) is 25.6 Å². The standard InChI is InChI=1S/C16H20ClNO2S/c1-4-18-12(15-7-8-16(17)21-15)9-11-5-6-13(19-2)14(10-11)20-3/h5-8,10,12,18H,4,9H2,1-3H3. The molecule has 0 amide bonds. The molecule has 21 heavy (non-hydrogen) atoms. The Labute approximate surface area is 134 Å². The van der Waals surface area contributed by atoms with Crippen molar-refractivity contribution in [1.82, 2.24) is 5.32 Å². The summed E-state index contributed by atoms with van der Waals surface area (Å²) in [6.45, 7) is 3.02. The van der Waals surface area contributed by atoms with Crippen LogP contribution in [0.25, 0.3) is 0 Å². The second-order valence-corrected chi connectivity index (χ2v) is 6.39. The molecule has 1 aromatic carbocycles. The van der Waals surface area contributed by atoms with Gasteiger partial charge in [-0.3, -0.25) is 0 Å². The van der Waals surface area contributed by atoms with E-state index in [4.69, 9.17) is 21.1 Å². The van der Waals surface area contributed by atoms with Crippen molar-refractivity contribution < 1.29 is 9.47 Å². The number of hydrogen-bond donors (Lipinski definition) is 1. The van der Waals surface area contributed by atoms with E-state index in [0.717, 1.165) is 28.8 Å². The Bertz CT molecular complexity index is 585. The van der Waals surface area contributed by atoms with Gasteiger partial charge in [0, 0.05) is 10.9 Å². The predicted octanol–water partition coefficient (Wildman–Crippen LogP) is 4.31. The molecule has 1 unspecified atom stereocenters. The average molecular weight is 326 g/mol. The van der Waals surface area contributed by atoms with Gasteiger partial charge < -0.3 is 14.8 Å². The first-order valence-corrected chi connectivity index (χ1v) is 8.06. The molecule has 0 aliphatic rings. The van der Waals surface area contributed by atoms with Crippen LogP contribution in [0.3, 0.4) is 0 Å². The average Bonchev–Trinajstić information content (AvgIpc) is 2.93. The molecule has 0 fully saturated rings. The number of nitrogens with one attached hydrogen (secondary N) is 1. The van der Waals surface area contributed by atoms with Gasteiger partial charge in [-0.05, 0) is 42.8 Å². The van der Waals surface area contributed by atoms with Crippen LogP contribution in [-0.2, 0) is 6.42 Å². The molecule has 2 aromatic rings. The maximum Gasteiger partial charge on any atom is 0.160 e. The molecule has 0 saturated carbocycles. The van der Waals surface area contributed by atoms with Gasteiger partial charge in [0.2, 0.25) is 0 Å². The van der Waals surface area contributed by atoms with Gasteiger partial charge >= 0.3 is 0 Å². The Kier molecular flexibility index (Phi) is 5.91. The highest BCUT2D eigenvalue weighted by Crippen LogP contribution is 2.32. The minimum absolute atomic E-state index is 0.255. The van der Waals surface area contributed by atoms with Crippen molar-refractivity contribution >= 4 is 22.9 Å². The van der Waals surface area contributed by atoms with Gasteiger partial charge in [0.25, 0.3) is 0 Å². The highest BCUT2D eigenvalue weighted by Gasteiger charge is 2.15. The molecular formula is C16H20ClNO2S. The number of thiophene rings is 1. The largest absolute Gasteiger partial charge is 0.493 e. The number of likely N-dealkylation sites (N-methyl/N-ethyl adjacent to an activating group) is 1. The maximum atomic E-state index is 6.05. The van der Waals surface area contributed by atoms with Crippen LogP contribution in [0.2, 0.25) is 4.34 Å². The molecule has 1 N–H and O–H groups in total. The van der Waals surface area contributed by atoms with Crippen molar-refractivity contribution in [2.24, 2.45) is 0 Å². The van der Waals surface area contributed by atoms with E-state index >= 15 is 0 Å². The molecule has 0 bridgehead atoms. The van der Waals surface area contributed by atoms with Gasteiger partial charge in [-0.25, -0.2) is 0 Å². The Hall–Kier alpha value is -1.23. The lowest BCUT2D eigenvalue weighted by molar-refractivity contribution is 0.354. The fraction of sp³-hybridized carbons (Fsp3) is 0.375. The molecule has 0 radical (unpaired) electrons. The second-order valence-electron chi connectivity index (χ2n) is 4.65. The Morgan fingerprint density at radius 2 is 1.90 bits per heavy atom. The van der Waals surface area contributed by atoms with E-state index in [2.05, 4.69) is 24.4 Å². The highest BCUT2D eigenvalue weighted by molar-refractivity contribution is 7.16. The molecule has 1 heterocycles. The van der Waals surface area contributed by atoms with Crippen LogP contribution < -0.4 is 14.8 Å². The van der Waals surface area contributed by atoms with E-state index in [9.17, 15) is 0 Å². The van der Waals surface area contributed by atoms with Crippen molar-refractivity contribution in [3.63, 3.8) is 0 Å². The van der Waals surface area contributed by atoms with E-state index < -0.39 is 0 Å². The third kappa shape index (κ3) is 4.13. The molecule has 0 saturated heterocycles. The molecule has 2 rings (SSSR count). The third-order valence-electron chi connectivity index (χ3n) is 3.28. The van der Waals surface area contributed by atoms with Gasteiger partial charge in [0.15, 0.2) is 11.5 Å². The van der Waals surface area contributed by atoms with Gasteiger partial charge in [0.1, 0.15) is 0 Å². The first-order chi connectivity index (χ1) is 10.2. The summed E-state index contributed by atoms with van der Waals surface area (Å²) in [6.07, 6.45) is 0.880. The second kappa shape index (κ2) is 7.69. The van der Waals surface area contributed by atoms with E-state index in [-0.39, 0.29) is 6.04 Å². The number of ether oxygens (including phenoxy) is 2. The highest BCUT2D eigenvalue weighted by atomic mass is 35.5. The normalized spacial score (nSPS) is 12.2. The molecule has 1 atom stereocenters. The smallest absolute Gasteiger partial charge is 0.160 e. The summed E-state index contributed by atoms with van der Waals surface area (Å²) in [5, 5.41) is 3.51. The maximum absolute atomic E-state index is 6.05. The zero-order valence-corrected chi connectivity index (χ0v) is 14.1. The van der Waals surface area contributed by atoms with E-state index in [1.165, 1.54) is 10.4 Å². The van der Waals surface area contributed by atoms with Gasteiger partial charge in [0.05, 0.1) is 18.6 Å². The Balaban J connectivity index is 2.20. The zero-order chi connectivity index (χ0) is 15.2. The SMILES string of the molecule is CCNC(Cc1ccc(OC)c(OC)c1)c1ccc(Cl)s1. The first kappa shape index (κ1) is 16.1.